The second-order valence-electron chi connectivity index (χ2n) is 11.6. The van der Waals surface area contributed by atoms with Crippen LogP contribution < -0.4 is 24.3 Å². The summed E-state index contributed by atoms with van der Waals surface area (Å²) >= 11 is 0. The summed E-state index contributed by atoms with van der Waals surface area (Å²) in [5, 5.41) is 10.0. The average Bonchev–Trinajstić information content (AvgIpc) is 3.10. The quantitative estimate of drug-likeness (QED) is 0.325. The van der Waals surface area contributed by atoms with Crippen LogP contribution in [0.4, 0.5) is 10.1 Å². The average molecular weight is 572 g/mol. The highest BCUT2D eigenvalue weighted by atomic mass is 28.3. The zero-order valence-corrected chi connectivity index (χ0v) is 26.0. The van der Waals surface area contributed by atoms with Gasteiger partial charge in [-0.2, -0.15) is 0 Å². The van der Waals surface area contributed by atoms with Gasteiger partial charge in [-0.1, -0.05) is 19.6 Å². The first-order chi connectivity index (χ1) is 18.9. The largest absolute Gasteiger partial charge is 0.495 e. The number of ketones is 1. The van der Waals surface area contributed by atoms with Crippen molar-refractivity contribution >= 4 is 30.6 Å². The number of hydrogen-bond acceptors (Lipinski definition) is 7. The third kappa shape index (κ3) is 5.31. The van der Waals surface area contributed by atoms with Crippen molar-refractivity contribution in [1.29, 1.82) is 5.41 Å². The van der Waals surface area contributed by atoms with Crippen LogP contribution >= 0.6 is 0 Å². The normalized spacial score (nSPS) is 16.7. The summed E-state index contributed by atoms with van der Waals surface area (Å²) < 4.78 is 38.6. The Hall–Kier alpha value is -3.11. The number of anilines is 1. The van der Waals surface area contributed by atoms with Crippen LogP contribution in [0.25, 0.3) is 0 Å². The highest BCUT2D eigenvalue weighted by Crippen LogP contribution is 2.46. The van der Waals surface area contributed by atoms with Gasteiger partial charge in [0.25, 0.3) is 0 Å². The molecule has 1 fully saturated rings. The van der Waals surface area contributed by atoms with Crippen molar-refractivity contribution in [3.8, 4) is 17.2 Å². The molecule has 4 rings (SSSR count). The lowest BCUT2D eigenvalue weighted by atomic mass is 9.92. The minimum Gasteiger partial charge on any atom is -0.495 e. The first-order valence-corrected chi connectivity index (χ1v) is 17.4. The van der Waals surface area contributed by atoms with Gasteiger partial charge in [0.1, 0.15) is 11.6 Å². The first-order valence-electron chi connectivity index (χ1n) is 13.9. The molecule has 2 heterocycles. The van der Waals surface area contributed by atoms with E-state index in [1.807, 2.05) is 32.9 Å². The molecule has 40 heavy (non-hydrogen) atoms. The van der Waals surface area contributed by atoms with Crippen LogP contribution in [0.1, 0.15) is 49.2 Å². The minimum atomic E-state index is -1.91. The van der Waals surface area contributed by atoms with Crippen molar-refractivity contribution in [2.24, 2.45) is 0 Å². The molecule has 2 aliphatic heterocycles. The van der Waals surface area contributed by atoms with E-state index < -0.39 is 19.4 Å². The van der Waals surface area contributed by atoms with E-state index in [0.717, 1.165) is 16.6 Å². The molecule has 0 aliphatic carbocycles. The zero-order valence-electron chi connectivity index (χ0n) is 25.0. The second-order valence-corrected chi connectivity index (χ2v) is 16.7. The molecule has 0 unspecified atom stereocenters. The molecule has 0 saturated carbocycles. The molecule has 1 saturated heterocycles. The SMILES string of the molecule is CCOc1cc2c(c(F)c1OCC)C(=N)N(CC(=O)c1cc(N3CCOCC3)c(OC)c([Si](C)(C)C)c1)C2(C)C. The van der Waals surface area contributed by atoms with Gasteiger partial charge in [0.2, 0.25) is 0 Å². The van der Waals surface area contributed by atoms with Gasteiger partial charge in [-0.15, -0.1) is 0 Å². The van der Waals surface area contributed by atoms with E-state index in [0.29, 0.717) is 49.8 Å². The molecule has 218 valence electrons. The predicted octanol–water partition coefficient (Wildman–Crippen LogP) is 4.77. The maximum atomic E-state index is 15.8. The lowest BCUT2D eigenvalue weighted by Crippen LogP contribution is -2.44. The zero-order chi connectivity index (χ0) is 29.4. The molecular weight excluding hydrogens is 529 g/mol. The number of carbonyl (C=O) groups is 1. The number of Topliss-reactive ketones (excluding diaryl/α,β-unsaturated/α-hetero) is 1. The molecule has 2 aliphatic rings. The molecule has 0 spiro atoms. The molecule has 0 bridgehead atoms. The Morgan fingerprint density at radius 3 is 2.30 bits per heavy atom. The van der Waals surface area contributed by atoms with Crippen LogP contribution in [-0.4, -0.2) is 77.8 Å². The molecule has 0 radical (unpaired) electrons. The van der Waals surface area contributed by atoms with Crippen LogP contribution in [0, 0.1) is 11.2 Å². The molecule has 0 atom stereocenters. The van der Waals surface area contributed by atoms with Gasteiger partial charge in [0.15, 0.2) is 23.1 Å². The number of benzene rings is 2. The third-order valence-corrected chi connectivity index (χ3v) is 9.66. The number of halogens is 1. The Morgan fingerprint density at radius 2 is 1.73 bits per heavy atom. The molecule has 2 aromatic rings. The summed E-state index contributed by atoms with van der Waals surface area (Å²) in [7, 11) is -0.235. The maximum Gasteiger partial charge on any atom is 0.197 e. The second kappa shape index (κ2) is 11.4. The van der Waals surface area contributed by atoms with E-state index in [1.165, 1.54) is 0 Å². The van der Waals surface area contributed by atoms with E-state index in [-0.39, 0.29) is 36.1 Å². The number of methoxy groups -OCH3 is 1. The van der Waals surface area contributed by atoms with Crippen molar-refractivity contribution in [3.05, 3.63) is 40.7 Å². The summed E-state index contributed by atoms with van der Waals surface area (Å²) in [5.41, 5.74) is 1.38. The minimum absolute atomic E-state index is 0.00177. The van der Waals surface area contributed by atoms with Crippen molar-refractivity contribution in [2.45, 2.75) is 52.9 Å². The number of amidine groups is 1. The van der Waals surface area contributed by atoms with Crippen molar-refractivity contribution in [1.82, 2.24) is 4.90 Å². The highest BCUT2D eigenvalue weighted by molar-refractivity contribution is 6.89. The fourth-order valence-corrected chi connectivity index (χ4v) is 7.02. The van der Waals surface area contributed by atoms with Crippen LogP contribution in [0.2, 0.25) is 19.6 Å². The van der Waals surface area contributed by atoms with Crippen LogP contribution in [0.3, 0.4) is 0 Å². The monoisotopic (exact) mass is 571 g/mol. The molecule has 0 aromatic heterocycles. The molecular formula is C30H42FN3O5Si. The van der Waals surface area contributed by atoms with E-state index >= 15 is 4.39 Å². The van der Waals surface area contributed by atoms with E-state index in [4.69, 9.17) is 24.4 Å². The Labute approximate surface area is 237 Å². The summed E-state index contributed by atoms with van der Waals surface area (Å²) in [6.45, 7) is 17.3. The lowest BCUT2D eigenvalue weighted by molar-refractivity contribution is 0.0920. The molecule has 2 aromatic carbocycles. The Morgan fingerprint density at radius 1 is 1.07 bits per heavy atom. The lowest BCUT2D eigenvalue weighted by Gasteiger charge is -2.34. The number of ether oxygens (including phenoxy) is 4. The van der Waals surface area contributed by atoms with E-state index in [9.17, 15) is 4.79 Å². The van der Waals surface area contributed by atoms with Gasteiger partial charge < -0.3 is 28.7 Å². The van der Waals surface area contributed by atoms with E-state index in [2.05, 4.69) is 24.5 Å². The number of carbonyl (C=O) groups excluding carboxylic acids is 1. The van der Waals surface area contributed by atoms with Crippen molar-refractivity contribution < 1.29 is 28.1 Å². The van der Waals surface area contributed by atoms with E-state index in [1.54, 1.807) is 25.0 Å². The maximum absolute atomic E-state index is 15.8. The fourth-order valence-electron chi connectivity index (χ4n) is 5.52. The van der Waals surface area contributed by atoms with Crippen LogP contribution in [-0.2, 0) is 10.3 Å². The number of morpholine rings is 1. The van der Waals surface area contributed by atoms with Gasteiger partial charge in [0, 0.05) is 18.7 Å². The van der Waals surface area contributed by atoms with Crippen molar-refractivity contribution in [3.63, 3.8) is 0 Å². The Kier molecular flexibility index (Phi) is 8.51. The molecule has 8 nitrogen and oxygen atoms in total. The highest BCUT2D eigenvalue weighted by Gasteiger charge is 2.45. The standard InChI is InChI=1S/C30H42FN3O5Si/c1-9-38-23-17-20-25(26(31)28(23)39-10-2)29(32)34(30(20,3)4)18-22(35)19-15-21(33-11-13-37-14-12-33)27(36-5)24(16-19)40(6,7)8/h15-17,32H,9-14,18H2,1-8H3. The molecule has 1 N–H and O–H groups in total. The smallest absolute Gasteiger partial charge is 0.197 e. The predicted molar refractivity (Wildman–Crippen MR) is 159 cm³/mol. The first kappa shape index (κ1) is 29.9. The number of nitrogens with zero attached hydrogens (tertiary/aromatic N) is 2. The van der Waals surface area contributed by atoms with Crippen LogP contribution in [0.15, 0.2) is 18.2 Å². The van der Waals surface area contributed by atoms with Gasteiger partial charge in [-0.25, -0.2) is 4.39 Å². The Bertz CT molecular complexity index is 1300. The summed E-state index contributed by atoms with van der Waals surface area (Å²) in [5.74, 6) is 0.311. The summed E-state index contributed by atoms with van der Waals surface area (Å²) in [6.07, 6.45) is 0. The number of fused-ring (bicyclic) bond motifs is 1. The number of nitrogens with one attached hydrogen (secondary N) is 1. The molecule has 10 heteroatoms. The Balaban J connectivity index is 1.75. The summed E-state index contributed by atoms with van der Waals surface area (Å²) in [6, 6.07) is 5.61. The van der Waals surface area contributed by atoms with Crippen molar-refractivity contribution in [2.75, 3.05) is 58.1 Å². The fraction of sp³-hybridized carbons (Fsp3) is 0.533. The van der Waals surface area contributed by atoms with Gasteiger partial charge >= 0.3 is 0 Å². The number of rotatable bonds is 10. The third-order valence-electron chi connectivity index (χ3n) is 7.67. The number of hydrogen-bond donors (Lipinski definition) is 1. The molecule has 0 amide bonds. The van der Waals surface area contributed by atoms with Crippen LogP contribution in [0.5, 0.6) is 17.2 Å². The summed E-state index contributed by atoms with van der Waals surface area (Å²) in [4.78, 5) is 17.8. The topological polar surface area (TPSA) is 84.3 Å². The van der Waals surface area contributed by atoms with Gasteiger partial charge in [0.05, 0.1) is 64.9 Å². The van der Waals surface area contributed by atoms with Gasteiger partial charge in [-0.05, 0) is 56.6 Å². The van der Waals surface area contributed by atoms with Gasteiger partial charge in [-0.3, -0.25) is 10.2 Å².